The van der Waals surface area contributed by atoms with Crippen LogP contribution in [0.3, 0.4) is 0 Å². The van der Waals surface area contributed by atoms with Crippen molar-refractivity contribution in [2.24, 2.45) is 0 Å². The normalized spacial score (nSPS) is 10.0. The van der Waals surface area contributed by atoms with Gasteiger partial charge >= 0.3 is 0 Å². The van der Waals surface area contributed by atoms with Gasteiger partial charge in [0.05, 0.1) is 0 Å². The molecular formula is C9H8GeOSeVZn. The smallest absolute Gasteiger partial charge is 0.126 e. The number of fused-ring (bicyclic) bond motifs is 1. The Morgan fingerprint density at radius 2 is 1.79 bits per heavy atom. The molecule has 0 bridgehead atoms. The minimum atomic E-state index is 0. The van der Waals surface area contributed by atoms with E-state index in [0.717, 1.165) is 5.75 Å². The van der Waals surface area contributed by atoms with E-state index in [0.29, 0.717) is 6.61 Å². The summed E-state index contributed by atoms with van der Waals surface area (Å²) in [5, 5.41) is 0. The van der Waals surface area contributed by atoms with Gasteiger partial charge < -0.3 is 4.74 Å². The summed E-state index contributed by atoms with van der Waals surface area (Å²) in [6.45, 7) is 0.705. The van der Waals surface area contributed by atoms with Crippen molar-refractivity contribution in [2.75, 3.05) is 6.61 Å². The summed E-state index contributed by atoms with van der Waals surface area (Å²) in [6, 6.07) is 8.03. The van der Waals surface area contributed by atoms with Crippen molar-refractivity contribution in [1.29, 1.82) is 0 Å². The van der Waals surface area contributed by atoms with Crippen LogP contribution in [0.15, 0.2) is 30.3 Å². The van der Waals surface area contributed by atoms with Crippen molar-refractivity contribution in [3.05, 3.63) is 35.9 Å². The number of benzene rings is 1. The summed E-state index contributed by atoms with van der Waals surface area (Å²) in [6.07, 6.45) is 4.10. The predicted octanol–water partition coefficient (Wildman–Crippen LogP) is 1.33. The van der Waals surface area contributed by atoms with Crippen LogP contribution in [0.4, 0.5) is 0 Å². The molecular weight excluding hydrogens is 392 g/mol. The molecule has 1 aromatic rings. The van der Waals surface area contributed by atoms with Crippen molar-refractivity contribution >= 4 is 40.7 Å². The molecule has 1 aromatic carbocycles. The van der Waals surface area contributed by atoms with E-state index in [1.165, 1.54) is 5.56 Å². The first-order valence-electron chi connectivity index (χ1n) is 3.35. The second kappa shape index (κ2) is 10.5. The zero-order valence-corrected chi connectivity index (χ0v) is 15.8. The van der Waals surface area contributed by atoms with Crippen LogP contribution in [0, 0.1) is 0 Å². The fourth-order valence-corrected chi connectivity index (χ4v) is 1.06. The Hall–Kier alpha value is 1.03. The SMILES string of the molecule is C1=Cc2ccccc2OC1.[Ge].[Se].[V].[Zn]. The van der Waals surface area contributed by atoms with Gasteiger partial charge in [-0.25, -0.2) is 0 Å². The summed E-state index contributed by atoms with van der Waals surface area (Å²) in [5.41, 5.74) is 1.17. The van der Waals surface area contributed by atoms with Gasteiger partial charge in [0.15, 0.2) is 0 Å². The zero-order valence-electron chi connectivity index (χ0n) is 7.64. The Morgan fingerprint density at radius 1 is 1.14 bits per heavy atom. The van der Waals surface area contributed by atoms with E-state index >= 15 is 0 Å². The van der Waals surface area contributed by atoms with Crippen LogP contribution in [0.1, 0.15) is 5.56 Å². The van der Waals surface area contributed by atoms with Gasteiger partial charge in [-0.1, -0.05) is 24.3 Å². The second-order valence-electron chi connectivity index (χ2n) is 2.25. The Bertz CT molecular complexity index is 283. The van der Waals surface area contributed by atoms with Crippen LogP contribution < -0.4 is 4.74 Å². The third-order valence-electron chi connectivity index (χ3n) is 1.55. The van der Waals surface area contributed by atoms with Gasteiger partial charge in [0.1, 0.15) is 12.4 Å². The van der Waals surface area contributed by atoms with Gasteiger partial charge in [-0.3, -0.25) is 0 Å². The third kappa shape index (κ3) is 5.21. The molecule has 0 spiro atoms. The summed E-state index contributed by atoms with van der Waals surface area (Å²) in [7, 11) is 0. The van der Waals surface area contributed by atoms with Crippen LogP contribution in [0.5, 0.6) is 5.75 Å². The molecule has 67 valence electrons. The molecule has 0 atom stereocenters. The maximum absolute atomic E-state index is 5.34. The van der Waals surface area contributed by atoms with Crippen molar-refractivity contribution in [2.45, 2.75) is 0 Å². The van der Waals surface area contributed by atoms with Gasteiger partial charge in [-0.05, 0) is 12.1 Å². The molecule has 5 heteroatoms. The van der Waals surface area contributed by atoms with Crippen molar-refractivity contribution in [3.63, 3.8) is 0 Å². The van der Waals surface area contributed by atoms with E-state index in [1.807, 2.05) is 30.3 Å². The van der Waals surface area contributed by atoms with Gasteiger partial charge in [0, 0.05) is 78.3 Å². The van der Waals surface area contributed by atoms with E-state index in [-0.39, 0.29) is 72.7 Å². The molecule has 0 amide bonds. The molecule has 0 fully saturated rings. The minimum Gasteiger partial charge on any atom is -0.489 e. The monoisotopic (exact) mass is 401 g/mol. The van der Waals surface area contributed by atoms with E-state index in [4.69, 9.17) is 4.74 Å². The molecule has 14 heavy (non-hydrogen) atoms. The van der Waals surface area contributed by atoms with Crippen molar-refractivity contribution in [1.82, 2.24) is 0 Å². The van der Waals surface area contributed by atoms with E-state index in [9.17, 15) is 0 Å². The fraction of sp³-hybridized carbons (Fsp3) is 0.111. The molecule has 1 aliphatic rings. The largest absolute Gasteiger partial charge is 0.489 e. The molecule has 0 saturated heterocycles. The number of hydrogen-bond donors (Lipinski definition) is 0. The van der Waals surface area contributed by atoms with Crippen molar-refractivity contribution < 1.29 is 42.8 Å². The molecule has 0 unspecified atom stereocenters. The molecule has 0 N–H and O–H groups in total. The summed E-state index contributed by atoms with van der Waals surface area (Å²) >= 11 is 0. The van der Waals surface area contributed by atoms with Crippen LogP contribution in [-0.4, -0.2) is 41.3 Å². The summed E-state index contributed by atoms with van der Waals surface area (Å²) < 4.78 is 5.34. The minimum absolute atomic E-state index is 0. The first-order chi connectivity index (χ1) is 4.97. The molecule has 1 heterocycles. The molecule has 1 aliphatic heterocycles. The second-order valence-corrected chi connectivity index (χ2v) is 2.25. The summed E-state index contributed by atoms with van der Waals surface area (Å²) in [4.78, 5) is 0. The Labute approximate surface area is 131 Å². The molecule has 0 aliphatic carbocycles. The van der Waals surface area contributed by atoms with Crippen LogP contribution in [0.25, 0.3) is 6.08 Å². The standard InChI is InChI=1S/C9H8O.Ge.Se.V.Zn/c1-2-6-9-8(4-1)5-3-7-10-9;;;;/h1-6H,7H2;;;;. The van der Waals surface area contributed by atoms with Crippen LogP contribution in [0.2, 0.25) is 0 Å². The van der Waals surface area contributed by atoms with Crippen LogP contribution >= 0.6 is 0 Å². The van der Waals surface area contributed by atoms with E-state index in [1.54, 1.807) is 0 Å². The fourth-order valence-electron chi connectivity index (χ4n) is 1.06. The third-order valence-corrected chi connectivity index (χ3v) is 1.55. The maximum atomic E-state index is 5.34. The first-order valence-corrected chi connectivity index (χ1v) is 3.35. The Morgan fingerprint density at radius 3 is 2.43 bits per heavy atom. The van der Waals surface area contributed by atoms with Crippen LogP contribution in [-0.2, 0) is 38.0 Å². The molecule has 0 saturated carbocycles. The molecule has 2 rings (SSSR count). The molecule has 1 nitrogen and oxygen atoms in total. The zero-order chi connectivity index (χ0) is 6.81. The van der Waals surface area contributed by atoms with Gasteiger partial charge in [0.2, 0.25) is 0 Å². The van der Waals surface area contributed by atoms with E-state index in [2.05, 4.69) is 6.08 Å². The van der Waals surface area contributed by atoms with E-state index < -0.39 is 0 Å². The first kappa shape index (κ1) is 20.4. The molecule has 7 radical (unpaired) electrons. The number of hydrogen-bond acceptors (Lipinski definition) is 1. The Balaban J connectivity index is -0.000000302. The number of ether oxygens (including phenoxy) is 1. The quantitative estimate of drug-likeness (QED) is 0.598. The summed E-state index contributed by atoms with van der Waals surface area (Å²) in [5.74, 6) is 0.991. The molecule has 0 aromatic heterocycles. The average Bonchev–Trinajstić information content (AvgIpc) is 2.05. The maximum Gasteiger partial charge on any atom is 0.126 e. The number of para-hydroxylation sites is 1. The van der Waals surface area contributed by atoms with Gasteiger partial charge in [-0.15, -0.1) is 0 Å². The average molecular weight is 400 g/mol. The topological polar surface area (TPSA) is 9.23 Å². The van der Waals surface area contributed by atoms with Gasteiger partial charge in [-0.2, -0.15) is 0 Å². The van der Waals surface area contributed by atoms with Crippen molar-refractivity contribution in [3.8, 4) is 5.75 Å². The Kier molecular flexibility index (Phi) is 15.4. The predicted molar refractivity (Wildman–Crippen MR) is 52.5 cm³/mol. The van der Waals surface area contributed by atoms with Gasteiger partial charge in [0.25, 0.3) is 0 Å². The number of rotatable bonds is 0.